The first kappa shape index (κ1) is 10.4. The van der Waals surface area contributed by atoms with E-state index in [2.05, 4.69) is 4.99 Å². The molecule has 0 aromatic heterocycles. The third-order valence-electron chi connectivity index (χ3n) is 1.40. The largest absolute Gasteiger partial charge is 0.296 e. The van der Waals surface area contributed by atoms with Crippen LogP contribution in [0.1, 0.15) is 0 Å². The minimum Gasteiger partial charge on any atom is -0.290 e. The molecule has 0 amide bonds. The van der Waals surface area contributed by atoms with Gasteiger partial charge < -0.3 is 0 Å². The van der Waals surface area contributed by atoms with E-state index in [-0.39, 0.29) is 16.4 Å². The molecule has 0 aliphatic carbocycles. The molecule has 1 rings (SSSR count). The van der Waals surface area contributed by atoms with Crippen LogP contribution in [0.5, 0.6) is 0 Å². The number of nitro groups is 1. The summed E-state index contributed by atoms with van der Waals surface area (Å²) in [5.74, 6) is 0. The lowest BCUT2D eigenvalue weighted by Gasteiger charge is -1.97. The molecule has 0 atom stereocenters. The standard InChI is InChI=1S/C7H6ClN3O3/c8-5-1-2-6(9-4-10-12)7(3-5)11(13)14/h1-4,12H,(H,9,10). The summed E-state index contributed by atoms with van der Waals surface area (Å²) < 4.78 is 0. The summed E-state index contributed by atoms with van der Waals surface area (Å²) in [6.45, 7) is 0. The molecule has 1 aromatic rings. The summed E-state index contributed by atoms with van der Waals surface area (Å²) in [4.78, 5) is 13.5. The molecule has 1 aromatic carbocycles. The molecule has 0 radical (unpaired) electrons. The number of nitrogens with one attached hydrogen (secondary N) is 1. The molecule has 6 nitrogen and oxygen atoms in total. The summed E-state index contributed by atoms with van der Waals surface area (Å²) >= 11 is 5.57. The molecule has 0 unspecified atom stereocenters. The molecule has 74 valence electrons. The smallest absolute Gasteiger partial charge is 0.290 e. The fraction of sp³-hybridized carbons (Fsp3) is 0. The average molecular weight is 216 g/mol. The molecule has 0 spiro atoms. The van der Waals surface area contributed by atoms with E-state index < -0.39 is 4.92 Å². The van der Waals surface area contributed by atoms with Crippen LogP contribution in [0.3, 0.4) is 0 Å². The molecule has 0 saturated heterocycles. The lowest BCUT2D eigenvalue weighted by atomic mass is 10.3. The first-order chi connectivity index (χ1) is 6.65. The second kappa shape index (κ2) is 4.54. The normalized spacial score (nSPS) is 10.4. The molecular formula is C7H6ClN3O3. The van der Waals surface area contributed by atoms with E-state index in [1.807, 2.05) is 0 Å². The summed E-state index contributed by atoms with van der Waals surface area (Å²) in [6, 6.07) is 4.04. The van der Waals surface area contributed by atoms with Crippen molar-refractivity contribution in [3.8, 4) is 0 Å². The first-order valence-electron chi connectivity index (χ1n) is 3.51. The number of halogens is 1. The Labute approximate surface area is 83.9 Å². The van der Waals surface area contributed by atoms with E-state index in [1.165, 1.54) is 18.2 Å². The second-order valence-electron chi connectivity index (χ2n) is 2.28. The van der Waals surface area contributed by atoms with E-state index in [0.29, 0.717) is 0 Å². The van der Waals surface area contributed by atoms with Gasteiger partial charge >= 0.3 is 0 Å². The minimum absolute atomic E-state index is 0.112. The molecular weight excluding hydrogens is 210 g/mol. The lowest BCUT2D eigenvalue weighted by molar-refractivity contribution is -0.384. The molecule has 0 aliphatic heterocycles. The average Bonchev–Trinajstić information content (AvgIpc) is 2.15. The van der Waals surface area contributed by atoms with Gasteiger partial charge in [-0.05, 0) is 12.1 Å². The lowest BCUT2D eigenvalue weighted by Crippen LogP contribution is -2.01. The predicted molar refractivity (Wildman–Crippen MR) is 51.2 cm³/mol. The van der Waals surface area contributed by atoms with Gasteiger partial charge in [0.25, 0.3) is 5.69 Å². The van der Waals surface area contributed by atoms with Crippen LogP contribution in [0.4, 0.5) is 11.4 Å². The molecule has 7 heteroatoms. The summed E-state index contributed by atoms with van der Waals surface area (Å²) in [5.41, 5.74) is 1.54. The number of benzene rings is 1. The zero-order chi connectivity index (χ0) is 10.6. The van der Waals surface area contributed by atoms with Crippen molar-refractivity contribution in [1.82, 2.24) is 5.48 Å². The Hall–Kier alpha value is -1.66. The van der Waals surface area contributed by atoms with Crippen LogP contribution in [0.2, 0.25) is 5.02 Å². The summed E-state index contributed by atoms with van der Waals surface area (Å²) in [7, 11) is 0. The van der Waals surface area contributed by atoms with E-state index >= 15 is 0 Å². The SMILES string of the molecule is O=[N+]([O-])c1cc(Cl)ccc1N=CNO. The van der Waals surface area contributed by atoms with Crippen molar-refractivity contribution < 1.29 is 10.1 Å². The van der Waals surface area contributed by atoms with Crippen LogP contribution in [0.25, 0.3) is 0 Å². The Balaban J connectivity index is 3.15. The van der Waals surface area contributed by atoms with Crippen LogP contribution in [-0.2, 0) is 0 Å². The number of aliphatic imine (C=N–C) groups is 1. The maximum absolute atomic E-state index is 10.5. The molecule has 0 saturated carbocycles. The van der Waals surface area contributed by atoms with Gasteiger partial charge in [0.05, 0.1) is 4.92 Å². The maximum atomic E-state index is 10.5. The van der Waals surface area contributed by atoms with Crippen LogP contribution < -0.4 is 5.48 Å². The van der Waals surface area contributed by atoms with Gasteiger partial charge in [-0.1, -0.05) is 11.6 Å². The predicted octanol–water partition coefficient (Wildman–Crippen LogP) is 1.89. The molecule has 0 fully saturated rings. The Bertz CT molecular complexity index is 380. The van der Waals surface area contributed by atoms with Crippen molar-refractivity contribution in [2.45, 2.75) is 0 Å². The monoisotopic (exact) mass is 215 g/mol. The van der Waals surface area contributed by atoms with Crippen molar-refractivity contribution in [1.29, 1.82) is 0 Å². The third kappa shape index (κ3) is 2.41. The third-order valence-corrected chi connectivity index (χ3v) is 1.63. The topological polar surface area (TPSA) is 87.8 Å². The highest BCUT2D eigenvalue weighted by molar-refractivity contribution is 6.30. The Kier molecular flexibility index (Phi) is 3.38. The summed E-state index contributed by atoms with van der Waals surface area (Å²) in [6.07, 6.45) is 0.927. The fourth-order valence-electron chi connectivity index (χ4n) is 0.850. The highest BCUT2D eigenvalue weighted by atomic mass is 35.5. The molecule has 0 aliphatic rings. The number of nitrogens with zero attached hydrogens (tertiary/aromatic N) is 2. The molecule has 14 heavy (non-hydrogen) atoms. The van der Waals surface area contributed by atoms with Crippen LogP contribution in [0.15, 0.2) is 23.2 Å². The van der Waals surface area contributed by atoms with Crippen molar-refractivity contribution in [3.63, 3.8) is 0 Å². The minimum atomic E-state index is -0.601. The number of hydrogen-bond donors (Lipinski definition) is 2. The van der Waals surface area contributed by atoms with Gasteiger partial charge in [-0.15, -0.1) is 0 Å². The zero-order valence-corrected chi connectivity index (χ0v) is 7.60. The quantitative estimate of drug-likeness (QED) is 0.349. The highest BCUT2D eigenvalue weighted by Crippen LogP contribution is 2.29. The maximum Gasteiger partial charge on any atom is 0.296 e. The fourth-order valence-corrected chi connectivity index (χ4v) is 1.02. The van der Waals surface area contributed by atoms with E-state index in [0.717, 1.165) is 6.34 Å². The van der Waals surface area contributed by atoms with E-state index in [1.54, 1.807) is 5.48 Å². The highest BCUT2D eigenvalue weighted by Gasteiger charge is 2.12. The molecule has 0 heterocycles. The van der Waals surface area contributed by atoms with E-state index in [4.69, 9.17) is 16.8 Å². The Morgan fingerprint density at radius 2 is 2.36 bits per heavy atom. The van der Waals surface area contributed by atoms with Gasteiger partial charge in [-0.3, -0.25) is 20.8 Å². The Morgan fingerprint density at radius 1 is 1.64 bits per heavy atom. The van der Waals surface area contributed by atoms with Crippen LogP contribution in [0, 0.1) is 10.1 Å². The second-order valence-corrected chi connectivity index (χ2v) is 2.71. The zero-order valence-electron chi connectivity index (χ0n) is 6.85. The van der Waals surface area contributed by atoms with Gasteiger partial charge in [0.15, 0.2) is 0 Å². The van der Waals surface area contributed by atoms with Crippen molar-refractivity contribution in [2.24, 2.45) is 4.99 Å². The molecule has 0 bridgehead atoms. The molecule has 2 N–H and O–H groups in total. The van der Waals surface area contributed by atoms with Crippen molar-refractivity contribution in [2.75, 3.05) is 0 Å². The number of rotatable bonds is 3. The van der Waals surface area contributed by atoms with Gasteiger partial charge in [-0.25, -0.2) is 4.99 Å². The number of hydroxylamine groups is 1. The van der Waals surface area contributed by atoms with Gasteiger partial charge in [-0.2, -0.15) is 0 Å². The number of nitro benzene ring substituents is 1. The van der Waals surface area contributed by atoms with Crippen LogP contribution >= 0.6 is 11.6 Å². The van der Waals surface area contributed by atoms with Crippen LogP contribution in [-0.4, -0.2) is 16.5 Å². The van der Waals surface area contributed by atoms with Gasteiger partial charge in [0, 0.05) is 11.1 Å². The van der Waals surface area contributed by atoms with Gasteiger partial charge in [0.2, 0.25) is 0 Å². The van der Waals surface area contributed by atoms with E-state index in [9.17, 15) is 10.1 Å². The Morgan fingerprint density at radius 3 is 2.93 bits per heavy atom. The first-order valence-corrected chi connectivity index (χ1v) is 3.89. The van der Waals surface area contributed by atoms with Gasteiger partial charge in [0.1, 0.15) is 12.0 Å². The van der Waals surface area contributed by atoms with Crippen molar-refractivity contribution >= 4 is 29.3 Å². The number of hydrogen-bond acceptors (Lipinski definition) is 4. The van der Waals surface area contributed by atoms with Crippen molar-refractivity contribution in [3.05, 3.63) is 33.3 Å². The summed E-state index contributed by atoms with van der Waals surface area (Å²) in [5, 5.41) is 19.0.